The highest BCUT2D eigenvalue weighted by atomic mass is 19.1. The Labute approximate surface area is 200 Å². The molecular formula is C27H34FNO5. The topological polar surface area (TPSA) is 73.9 Å². The third-order valence-corrected chi connectivity index (χ3v) is 5.70. The Kier molecular flexibility index (Phi) is 8.53. The van der Waals surface area contributed by atoms with Crippen molar-refractivity contribution in [1.29, 1.82) is 0 Å². The maximum absolute atomic E-state index is 13.4. The van der Waals surface area contributed by atoms with Crippen molar-refractivity contribution in [1.82, 2.24) is 5.32 Å². The van der Waals surface area contributed by atoms with Crippen LogP contribution in [-0.2, 0) is 20.7 Å². The highest BCUT2D eigenvalue weighted by Crippen LogP contribution is 2.29. The van der Waals surface area contributed by atoms with E-state index in [0.29, 0.717) is 25.0 Å². The molecule has 0 spiro atoms. The molecule has 0 radical (unpaired) electrons. The normalized spacial score (nSPS) is 23.6. The van der Waals surface area contributed by atoms with Gasteiger partial charge in [0.1, 0.15) is 35.4 Å². The molecule has 2 aromatic carbocycles. The second kappa shape index (κ2) is 11.4. The van der Waals surface area contributed by atoms with Gasteiger partial charge in [-0.25, -0.2) is 14.0 Å². The summed E-state index contributed by atoms with van der Waals surface area (Å²) in [6.07, 6.45) is 0.828. The van der Waals surface area contributed by atoms with E-state index >= 15 is 0 Å². The summed E-state index contributed by atoms with van der Waals surface area (Å²) < 4.78 is 30.9. The first-order chi connectivity index (χ1) is 16.1. The van der Waals surface area contributed by atoms with E-state index in [1.807, 2.05) is 30.3 Å². The maximum atomic E-state index is 13.4. The lowest BCUT2D eigenvalue weighted by atomic mass is 9.86. The summed E-state index contributed by atoms with van der Waals surface area (Å²) in [5, 5.41) is 2.66. The minimum absolute atomic E-state index is 0.00810. The Morgan fingerprint density at radius 2 is 1.76 bits per heavy atom. The molecule has 0 bridgehead atoms. The SMILES string of the molecule is CC1OC(=O)C(NC(=O)OC(C)(C)C)CCCC(Cc2ccc(F)cc2)C1Oc1ccccc1. The summed E-state index contributed by atoms with van der Waals surface area (Å²) in [5.41, 5.74) is 0.309. The lowest BCUT2D eigenvalue weighted by Gasteiger charge is -2.32. The fourth-order valence-electron chi connectivity index (χ4n) is 4.15. The molecule has 184 valence electrons. The number of hydrogen-bond donors (Lipinski definition) is 1. The molecule has 6 nitrogen and oxygen atoms in total. The number of carbonyl (C=O) groups is 2. The molecule has 1 saturated heterocycles. The average Bonchev–Trinajstić information content (AvgIpc) is 2.80. The Morgan fingerprint density at radius 3 is 2.41 bits per heavy atom. The Morgan fingerprint density at radius 1 is 1.09 bits per heavy atom. The van der Waals surface area contributed by atoms with E-state index in [9.17, 15) is 14.0 Å². The summed E-state index contributed by atoms with van der Waals surface area (Å²) in [7, 11) is 0. The highest BCUT2D eigenvalue weighted by molar-refractivity contribution is 5.81. The van der Waals surface area contributed by atoms with E-state index < -0.39 is 35.9 Å². The van der Waals surface area contributed by atoms with Crippen LogP contribution >= 0.6 is 0 Å². The van der Waals surface area contributed by atoms with Crippen LogP contribution in [0.1, 0.15) is 52.5 Å². The molecule has 34 heavy (non-hydrogen) atoms. The van der Waals surface area contributed by atoms with Crippen molar-refractivity contribution in [2.45, 2.75) is 77.2 Å². The smallest absolute Gasteiger partial charge is 0.408 e. The van der Waals surface area contributed by atoms with Gasteiger partial charge in [0.25, 0.3) is 0 Å². The number of benzene rings is 2. The van der Waals surface area contributed by atoms with E-state index in [-0.39, 0.29) is 11.7 Å². The molecule has 1 amide bonds. The predicted octanol–water partition coefficient (Wildman–Crippen LogP) is 5.44. The second-order valence-electron chi connectivity index (χ2n) is 9.76. The molecule has 1 aliphatic rings. The van der Waals surface area contributed by atoms with Gasteiger partial charge >= 0.3 is 12.1 Å². The van der Waals surface area contributed by atoms with E-state index in [2.05, 4.69) is 5.32 Å². The standard InChI is InChI=1S/C27H34FNO5/c1-18-24(33-22-10-6-5-7-11-22)20(17-19-13-15-21(28)16-14-19)9-8-12-23(25(30)32-18)29-26(31)34-27(2,3)4/h5-7,10-11,13-16,18,20,23-24H,8-9,12,17H2,1-4H3,(H,29,31). The minimum Gasteiger partial charge on any atom is -0.486 e. The van der Waals surface area contributed by atoms with Crippen molar-refractivity contribution >= 4 is 12.1 Å². The summed E-state index contributed by atoms with van der Waals surface area (Å²) in [6, 6.07) is 15.0. The van der Waals surface area contributed by atoms with E-state index in [0.717, 1.165) is 12.0 Å². The van der Waals surface area contributed by atoms with Crippen LogP contribution in [0.3, 0.4) is 0 Å². The largest absolute Gasteiger partial charge is 0.486 e. The zero-order valence-corrected chi connectivity index (χ0v) is 20.3. The van der Waals surface area contributed by atoms with Gasteiger partial charge in [-0.1, -0.05) is 36.8 Å². The van der Waals surface area contributed by atoms with Crippen molar-refractivity contribution < 1.29 is 28.2 Å². The van der Waals surface area contributed by atoms with Gasteiger partial charge in [-0.05, 0) is 76.8 Å². The lowest BCUT2D eigenvalue weighted by Crippen LogP contribution is -2.46. The fraction of sp³-hybridized carbons (Fsp3) is 0.481. The van der Waals surface area contributed by atoms with Gasteiger partial charge in [0.2, 0.25) is 0 Å². The number of carbonyl (C=O) groups excluding carboxylic acids is 2. The molecule has 0 aromatic heterocycles. The Bertz CT molecular complexity index is 942. The molecule has 1 heterocycles. The van der Waals surface area contributed by atoms with Crippen molar-refractivity contribution in [3.05, 3.63) is 66.0 Å². The van der Waals surface area contributed by atoms with Crippen LogP contribution in [0.15, 0.2) is 54.6 Å². The molecule has 3 rings (SSSR count). The van der Waals surface area contributed by atoms with Crippen molar-refractivity contribution in [3.8, 4) is 5.75 Å². The Hall–Kier alpha value is -3.09. The quantitative estimate of drug-likeness (QED) is 0.588. The third kappa shape index (κ3) is 7.75. The van der Waals surface area contributed by atoms with Crippen molar-refractivity contribution in [2.75, 3.05) is 0 Å². The first kappa shape index (κ1) is 25.5. The Balaban J connectivity index is 1.80. The molecule has 4 atom stereocenters. The van der Waals surface area contributed by atoms with Gasteiger partial charge in [0.05, 0.1) is 0 Å². The number of rotatable bonds is 5. The van der Waals surface area contributed by atoms with Gasteiger partial charge in [0, 0.05) is 5.92 Å². The van der Waals surface area contributed by atoms with Gasteiger partial charge in [-0.15, -0.1) is 0 Å². The average molecular weight is 472 g/mol. The van der Waals surface area contributed by atoms with Crippen molar-refractivity contribution in [3.63, 3.8) is 0 Å². The van der Waals surface area contributed by atoms with Crippen LogP contribution in [0, 0.1) is 11.7 Å². The molecule has 4 unspecified atom stereocenters. The molecule has 2 aromatic rings. The summed E-state index contributed by atoms with van der Waals surface area (Å²) in [4.78, 5) is 25.2. The van der Waals surface area contributed by atoms with Crippen LogP contribution in [0.2, 0.25) is 0 Å². The van der Waals surface area contributed by atoms with Crippen LogP contribution in [0.25, 0.3) is 0 Å². The molecule has 1 N–H and O–H groups in total. The molecular weight excluding hydrogens is 437 g/mol. The number of cyclic esters (lactones) is 1. The van der Waals surface area contributed by atoms with Crippen LogP contribution < -0.4 is 10.1 Å². The maximum Gasteiger partial charge on any atom is 0.408 e. The number of ether oxygens (including phenoxy) is 3. The highest BCUT2D eigenvalue weighted by Gasteiger charge is 2.36. The third-order valence-electron chi connectivity index (χ3n) is 5.70. The van der Waals surface area contributed by atoms with Crippen molar-refractivity contribution in [2.24, 2.45) is 5.92 Å². The first-order valence-electron chi connectivity index (χ1n) is 11.8. The number of hydrogen-bond acceptors (Lipinski definition) is 5. The molecule has 0 aliphatic carbocycles. The number of halogens is 1. The number of esters is 1. The molecule has 1 aliphatic heterocycles. The number of para-hydroxylation sites is 1. The van der Waals surface area contributed by atoms with Crippen LogP contribution in [-0.4, -0.2) is 35.9 Å². The number of alkyl carbamates (subject to hydrolysis) is 1. The number of nitrogens with one attached hydrogen (secondary N) is 1. The van der Waals surface area contributed by atoms with E-state index in [1.54, 1.807) is 39.8 Å². The van der Waals surface area contributed by atoms with Gasteiger partial charge in [-0.2, -0.15) is 0 Å². The van der Waals surface area contributed by atoms with Gasteiger partial charge in [0.15, 0.2) is 0 Å². The van der Waals surface area contributed by atoms with E-state index in [1.165, 1.54) is 12.1 Å². The summed E-state index contributed by atoms with van der Waals surface area (Å²) in [6.45, 7) is 7.10. The van der Waals surface area contributed by atoms with Crippen LogP contribution in [0.4, 0.5) is 9.18 Å². The summed E-state index contributed by atoms with van der Waals surface area (Å²) >= 11 is 0. The second-order valence-corrected chi connectivity index (χ2v) is 9.76. The van der Waals surface area contributed by atoms with E-state index in [4.69, 9.17) is 14.2 Å². The van der Waals surface area contributed by atoms with Gasteiger partial charge in [-0.3, -0.25) is 0 Å². The predicted molar refractivity (Wildman–Crippen MR) is 127 cm³/mol. The zero-order chi connectivity index (χ0) is 24.7. The fourth-order valence-corrected chi connectivity index (χ4v) is 4.15. The monoisotopic (exact) mass is 471 g/mol. The lowest BCUT2D eigenvalue weighted by molar-refractivity contribution is -0.156. The number of amides is 1. The van der Waals surface area contributed by atoms with Gasteiger partial charge < -0.3 is 19.5 Å². The first-order valence-corrected chi connectivity index (χ1v) is 11.8. The minimum atomic E-state index is -0.806. The van der Waals surface area contributed by atoms with Crippen LogP contribution in [0.5, 0.6) is 5.75 Å². The molecule has 0 saturated carbocycles. The summed E-state index contributed by atoms with van der Waals surface area (Å²) in [5.74, 6) is -0.105. The molecule has 1 fully saturated rings. The zero-order valence-electron chi connectivity index (χ0n) is 20.3. The molecule has 7 heteroatoms.